The van der Waals surface area contributed by atoms with Crippen LogP contribution in [0.15, 0.2) is 10.6 Å². The minimum Gasteiger partial charge on any atom is -0.445 e. The average Bonchev–Trinajstić information content (AvgIpc) is 2.86. The lowest BCUT2D eigenvalue weighted by atomic mass is 10.1. The van der Waals surface area contributed by atoms with Gasteiger partial charge in [0.1, 0.15) is 5.76 Å². The fourth-order valence-electron chi connectivity index (χ4n) is 2.24. The number of aromatic nitrogens is 1. The molecular weight excluding hydrogens is 202 g/mol. The molecule has 90 valence electrons. The lowest BCUT2D eigenvalue weighted by Gasteiger charge is -2.13. The zero-order valence-electron chi connectivity index (χ0n) is 10.2. The average molecular weight is 223 g/mol. The fraction of sp³-hybridized carbons (Fsp3) is 0.750. The standard InChI is InChI=1S/C12H21N3O/c1-3-13-7-11-4-5-15(8-11)9-12-14-6-10(2)16-12/h6,11,13H,3-5,7-9H2,1-2H3. The van der Waals surface area contributed by atoms with Crippen molar-refractivity contribution in [3.8, 4) is 0 Å². The number of hydrogen-bond acceptors (Lipinski definition) is 4. The molecule has 0 bridgehead atoms. The Balaban J connectivity index is 1.76. The molecule has 4 nitrogen and oxygen atoms in total. The Bertz CT molecular complexity index is 324. The number of nitrogens with one attached hydrogen (secondary N) is 1. The summed E-state index contributed by atoms with van der Waals surface area (Å²) in [5, 5.41) is 3.41. The van der Waals surface area contributed by atoms with E-state index in [9.17, 15) is 0 Å². The van der Waals surface area contributed by atoms with Crippen LogP contribution < -0.4 is 5.32 Å². The highest BCUT2D eigenvalue weighted by Crippen LogP contribution is 2.17. The van der Waals surface area contributed by atoms with Crippen LogP contribution in [0.5, 0.6) is 0 Å². The molecule has 1 N–H and O–H groups in total. The van der Waals surface area contributed by atoms with Gasteiger partial charge in [-0.2, -0.15) is 0 Å². The summed E-state index contributed by atoms with van der Waals surface area (Å²) in [5.74, 6) is 2.54. The molecule has 1 fully saturated rings. The number of likely N-dealkylation sites (tertiary alicyclic amines) is 1. The number of oxazole rings is 1. The van der Waals surface area contributed by atoms with E-state index in [1.807, 2.05) is 6.92 Å². The third-order valence-corrected chi connectivity index (χ3v) is 3.08. The van der Waals surface area contributed by atoms with Gasteiger partial charge in [-0.1, -0.05) is 6.92 Å². The molecule has 2 heterocycles. The van der Waals surface area contributed by atoms with Crippen molar-refractivity contribution < 1.29 is 4.42 Å². The maximum absolute atomic E-state index is 5.49. The summed E-state index contributed by atoms with van der Waals surface area (Å²) < 4.78 is 5.49. The summed E-state index contributed by atoms with van der Waals surface area (Å²) in [5.41, 5.74) is 0. The van der Waals surface area contributed by atoms with Crippen molar-refractivity contribution in [2.45, 2.75) is 26.8 Å². The van der Waals surface area contributed by atoms with E-state index in [0.717, 1.165) is 50.3 Å². The summed E-state index contributed by atoms with van der Waals surface area (Å²) >= 11 is 0. The Hall–Kier alpha value is -0.870. The molecule has 1 aliphatic rings. The lowest BCUT2D eigenvalue weighted by Crippen LogP contribution is -2.26. The third-order valence-electron chi connectivity index (χ3n) is 3.08. The smallest absolute Gasteiger partial charge is 0.208 e. The van der Waals surface area contributed by atoms with Crippen LogP contribution in [-0.2, 0) is 6.54 Å². The van der Waals surface area contributed by atoms with E-state index in [-0.39, 0.29) is 0 Å². The highest BCUT2D eigenvalue weighted by molar-refractivity contribution is 4.91. The van der Waals surface area contributed by atoms with Crippen LogP contribution >= 0.6 is 0 Å². The maximum atomic E-state index is 5.49. The predicted octanol–water partition coefficient (Wildman–Crippen LogP) is 1.41. The van der Waals surface area contributed by atoms with Gasteiger partial charge in [0, 0.05) is 6.54 Å². The van der Waals surface area contributed by atoms with Gasteiger partial charge in [0.05, 0.1) is 12.7 Å². The van der Waals surface area contributed by atoms with Gasteiger partial charge < -0.3 is 9.73 Å². The molecule has 4 heteroatoms. The van der Waals surface area contributed by atoms with Crippen LogP contribution in [0.1, 0.15) is 25.0 Å². The van der Waals surface area contributed by atoms with Crippen molar-refractivity contribution in [1.82, 2.24) is 15.2 Å². The van der Waals surface area contributed by atoms with Crippen molar-refractivity contribution >= 4 is 0 Å². The molecule has 16 heavy (non-hydrogen) atoms. The molecule has 0 saturated carbocycles. The Labute approximate surface area is 97.0 Å². The van der Waals surface area contributed by atoms with Crippen molar-refractivity contribution in [1.29, 1.82) is 0 Å². The van der Waals surface area contributed by atoms with Crippen molar-refractivity contribution in [3.63, 3.8) is 0 Å². The fourth-order valence-corrected chi connectivity index (χ4v) is 2.24. The van der Waals surface area contributed by atoms with Crippen LogP contribution in [0.4, 0.5) is 0 Å². The zero-order chi connectivity index (χ0) is 11.4. The topological polar surface area (TPSA) is 41.3 Å². The molecule has 1 unspecified atom stereocenters. The first kappa shape index (κ1) is 11.6. The van der Waals surface area contributed by atoms with Crippen molar-refractivity contribution in [3.05, 3.63) is 17.8 Å². The van der Waals surface area contributed by atoms with E-state index in [1.165, 1.54) is 6.42 Å². The largest absolute Gasteiger partial charge is 0.445 e. The van der Waals surface area contributed by atoms with Crippen molar-refractivity contribution in [2.75, 3.05) is 26.2 Å². The van der Waals surface area contributed by atoms with Gasteiger partial charge in [0.2, 0.25) is 5.89 Å². The Kier molecular flexibility index (Phi) is 3.96. The van der Waals surface area contributed by atoms with E-state index >= 15 is 0 Å². The zero-order valence-corrected chi connectivity index (χ0v) is 10.2. The van der Waals surface area contributed by atoms with E-state index in [4.69, 9.17) is 4.42 Å². The highest BCUT2D eigenvalue weighted by atomic mass is 16.4. The summed E-state index contributed by atoms with van der Waals surface area (Å²) in [6.07, 6.45) is 3.08. The van der Waals surface area contributed by atoms with E-state index in [2.05, 4.69) is 22.1 Å². The monoisotopic (exact) mass is 223 g/mol. The van der Waals surface area contributed by atoms with Crippen LogP contribution in [-0.4, -0.2) is 36.1 Å². The number of aryl methyl sites for hydroxylation is 1. The van der Waals surface area contributed by atoms with Gasteiger partial charge in [-0.3, -0.25) is 4.90 Å². The minimum absolute atomic E-state index is 0.788. The van der Waals surface area contributed by atoms with Gasteiger partial charge in [-0.05, 0) is 38.9 Å². The number of hydrogen-bond donors (Lipinski definition) is 1. The van der Waals surface area contributed by atoms with Crippen LogP contribution in [0.25, 0.3) is 0 Å². The number of rotatable bonds is 5. The molecule has 2 rings (SSSR count). The predicted molar refractivity (Wildman–Crippen MR) is 63.2 cm³/mol. The second-order valence-electron chi connectivity index (χ2n) is 4.56. The van der Waals surface area contributed by atoms with E-state index < -0.39 is 0 Å². The second-order valence-corrected chi connectivity index (χ2v) is 4.56. The van der Waals surface area contributed by atoms with Gasteiger partial charge >= 0.3 is 0 Å². The van der Waals surface area contributed by atoms with E-state index in [1.54, 1.807) is 6.20 Å². The molecule has 1 saturated heterocycles. The maximum Gasteiger partial charge on any atom is 0.208 e. The lowest BCUT2D eigenvalue weighted by molar-refractivity contribution is 0.277. The molecule has 0 aliphatic carbocycles. The Morgan fingerprint density at radius 1 is 1.62 bits per heavy atom. The summed E-state index contributed by atoms with van der Waals surface area (Å²) in [4.78, 5) is 6.67. The Morgan fingerprint density at radius 2 is 2.50 bits per heavy atom. The normalized spacial score (nSPS) is 21.8. The first-order chi connectivity index (χ1) is 7.78. The van der Waals surface area contributed by atoms with Crippen LogP contribution in [0, 0.1) is 12.8 Å². The molecule has 1 atom stereocenters. The molecule has 0 spiro atoms. The number of nitrogens with zero attached hydrogens (tertiary/aromatic N) is 2. The summed E-state index contributed by atoms with van der Waals surface area (Å²) in [6.45, 7) is 9.48. The van der Waals surface area contributed by atoms with Gasteiger partial charge in [-0.15, -0.1) is 0 Å². The second kappa shape index (κ2) is 5.46. The van der Waals surface area contributed by atoms with Crippen LogP contribution in [0.3, 0.4) is 0 Å². The Morgan fingerprint density at radius 3 is 3.19 bits per heavy atom. The summed E-state index contributed by atoms with van der Waals surface area (Å²) in [6, 6.07) is 0. The minimum atomic E-state index is 0.788. The molecular formula is C12H21N3O. The quantitative estimate of drug-likeness (QED) is 0.819. The molecule has 1 aromatic heterocycles. The van der Waals surface area contributed by atoms with Gasteiger partial charge in [-0.25, -0.2) is 4.98 Å². The van der Waals surface area contributed by atoms with E-state index in [0.29, 0.717) is 0 Å². The first-order valence-corrected chi connectivity index (χ1v) is 6.12. The molecule has 0 radical (unpaired) electrons. The molecule has 1 aromatic rings. The first-order valence-electron chi connectivity index (χ1n) is 6.12. The van der Waals surface area contributed by atoms with Gasteiger partial charge in [0.15, 0.2) is 0 Å². The van der Waals surface area contributed by atoms with Crippen molar-refractivity contribution in [2.24, 2.45) is 5.92 Å². The molecule has 0 amide bonds. The molecule has 1 aliphatic heterocycles. The summed E-state index contributed by atoms with van der Waals surface area (Å²) in [7, 11) is 0. The van der Waals surface area contributed by atoms with Crippen LogP contribution in [0.2, 0.25) is 0 Å². The molecule has 0 aromatic carbocycles. The van der Waals surface area contributed by atoms with Gasteiger partial charge in [0.25, 0.3) is 0 Å². The third kappa shape index (κ3) is 3.06. The SMILES string of the molecule is CCNCC1CCN(Cc2ncc(C)o2)C1. The highest BCUT2D eigenvalue weighted by Gasteiger charge is 2.22.